The molecular formula is C13H20O2. The van der Waals surface area contributed by atoms with Gasteiger partial charge in [0.05, 0.1) is 0 Å². The van der Waals surface area contributed by atoms with Crippen molar-refractivity contribution in [2.45, 2.75) is 38.5 Å². The van der Waals surface area contributed by atoms with Crippen molar-refractivity contribution in [3.8, 4) is 0 Å². The van der Waals surface area contributed by atoms with Gasteiger partial charge < -0.3 is 4.74 Å². The van der Waals surface area contributed by atoms with Gasteiger partial charge in [0.25, 0.3) is 0 Å². The van der Waals surface area contributed by atoms with E-state index in [0.29, 0.717) is 17.6 Å². The molecule has 2 heteroatoms. The Morgan fingerprint density at radius 1 is 0.933 bits per heavy atom. The molecule has 84 valence electrons. The molecule has 2 aliphatic carbocycles. The molecule has 0 spiro atoms. The molecule has 0 aromatic carbocycles. The highest BCUT2D eigenvalue weighted by Crippen LogP contribution is 2.56. The monoisotopic (exact) mass is 208 g/mol. The van der Waals surface area contributed by atoms with E-state index in [1.165, 1.54) is 25.7 Å². The van der Waals surface area contributed by atoms with E-state index in [1.54, 1.807) is 0 Å². The minimum atomic E-state index is 0.342. The lowest BCUT2D eigenvalue weighted by molar-refractivity contribution is -0.127. The lowest BCUT2D eigenvalue weighted by atomic mass is 9.91. The maximum atomic E-state index is 12.3. The van der Waals surface area contributed by atoms with Crippen LogP contribution in [0.1, 0.15) is 38.5 Å². The quantitative estimate of drug-likeness (QED) is 0.696. The highest BCUT2D eigenvalue weighted by molar-refractivity contribution is 5.86. The van der Waals surface area contributed by atoms with Gasteiger partial charge >= 0.3 is 0 Å². The average Bonchev–Trinajstić information content (AvgIpc) is 3.03. The van der Waals surface area contributed by atoms with E-state index in [2.05, 4.69) is 0 Å². The maximum absolute atomic E-state index is 12.3. The predicted octanol–water partition coefficient (Wildman–Crippen LogP) is 2.42. The highest BCUT2D eigenvalue weighted by atomic mass is 16.5. The zero-order valence-electron chi connectivity index (χ0n) is 9.28. The van der Waals surface area contributed by atoms with Crippen LogP contribution in [0, 0.1) is 23.7 Å². The highest BCUT2D eigenvalue weighted by Gasteiger charge is 2.55. The van der Waals surface area contributed by atoms with Crippen LogP contribution in [0.4, 0.5) is 0 Å². The van der Waals surface area contributed by atoms with E-state index >= 15 is 0 Å². The Morgan fingerprint density at radius 2 is 1.53 bits per heavy atom. The molecule has 3 aliphatic rings. The van der Waals surface area contributed by atoms with Gasteiger partial charge in [0.1, 0.15) is 5.78 Å². The maximum Gasteiger partial charge on any atom is 0.139 e. The second kappa shape index (κ2) is 3.89. The molecule has 15 heavy (non-hydrogen) atoms. The Morgan fingerprint density at radius 3 is 2.13 bits per heavy atom. The van der Waals surface area contributed by atoms with E-state index in [1.807, 2.05) is 0 Å². The van der Waals surface area contributed by atoms with Crippen LogP contribution in [0.25, 0.3) is 0 Å². The van der Waals surface area contributed by atoms with Crippen LogP contribution in [0.2, 0.25) is 0 Å². The Hall–Kier alpha value is -0.370. The van der Waals surface area contributed by atoms with E-state index in [9.17, 15) is 4.79 Å². The van der Waals surface area contributed by atoms with Crippen LogP contribution in [0.15, 0.2) is 0 Å². The van der Waals surface area contributed by atoms with E-state index in [4.69, 9.17) is 4.74 Å². The van der Waals surface area contributed by atoms with Crippen molar-refractivity contribution >= 4 is 5.78 Å². The minimum Gasteiger partial charge on any atom is -0.381 e. The molecule has 0 radical (unpaired) electrons. The summed E-state index contributed by atoms with van der Waals surface area (Å²) >= 11 is 0. The van der Waals surface area contributed by atoms with Gasteiger partial charge in [-0.2, -0.15) is 0 Å². The molecule has 0 aromatic rings. The van der Waals surface area contributed by atoms with Crippen LogP contribution in [-0.2, 0) is 9.53 Å². The van der Waals surface area contributed by atoms with Crippen molar-refractivity contribution < 1.29 is 9.53 Å². The molecule has 2 saturated carbocycles. The van der Waals surface area contributed by atoms with Crippen molar-refractivity contribution in [1.29, 1.82) is 0 Å². The summed E-state index contributed by atoms with van der Waals surface area (Å²) in [4.78, 5) is 12.3. The number of hydrogen-bond acceptors (Lipinski definition) is 2. The van der Waals surface area contributed by atoms with Crippen LogP contribution >= 0.6 is 0 Å². The largest absolute Gasteiger partial charge is 0.381 e. The summed E-state index contributed by atoms with van der Waals surface area (Å²) < 4.78 is 5.32. The summed E-state index contributed by atoms with van der Waals surface area (Å²) in [7, 11) is 0. The topological polar surface area (TPSA) is 26.3 Å². The Kier molecular flexibility index (Phi) is 2.55. The SMILES string of the molecule is O=C(C1CCOCC1)C1C2CCCCC21. The van der Waals surface area contributed by atoms with Crippen molar-refractivity contribution in [3.05, 3.63) is 0 Å². The summed E-state index contributed by atoms with van der Waals surface area (Å²) in [5, 5.41) is 0. The fourth-order valence-corrected chi connectivity index (χ4v) is 3.67. The number of rotatable bonds is 2. The summed E-state index contributed by atoms with van der Waals surface area (Å²) in [6.07, 6.45) is 7.33. The second-order valence-electron chi connectivity index (χ2n) is 5.43. The number of hydrogen-bond donors (Lipinski definition) is 0. The molecule has 2 atom stereocenters. The standard InChI is InChI=1S/C13H20O2/c14-13(9-5-7-15-8-6-9)12-10-3-1-2-4-11(10)12/h9-12H,1-8H2. The zero-order chi connectivity index (χ0) is 10.3. The molecule has 0 bridgehead atoms. The summed E-state index contributed by atoms with van der Waals surface area (Å²) in [5.41, 5.74) is 0. The first-order chi connectivity index (χ1) is 7.38. The molecule has 1 aliphatic heterocycles. The first kappa shape index (κ1) is 9.83. The smallest absolute Gasteiger partial charge is 0.139 e. The predicted molar refractivity (Wildman–Crippen MR) is 57.5 cm³/mol. The zero-order valence-corrected chi connectivity index (χ0v) is 9.28. The molecular weight excluding hydrogens is 188 g/mol. The van der Waals surface area contributed by atoms with Crippen molar-refractivity contribution in [2.24, 2.45) is 23.7 Å². The summed E-state index contributed by atoms with van der Waals surface area (Å²) in [6.45, 7) is 1.61. The van der Waals surface area contributed by atoms with Crippen LogP contribution in [0.5, 0.6) is 0 Å². The van der Waals surface area contributed by atoms with E-state index in [-0.39, 0.29) is 0 Å². The lowest BCUT2D eigenvalue weighted by Crippen LogP contribution is -2.25. The van der Waals surface area contributed by atoms with Crippen molar-refractivity contribution in [2.75, 3.05) is 13.2 Å². The van der Waals surface area contributed by atoms with E-state index in [0.717, 1.165) is 37.9 Å². The molecule has 3 fully saturated rings. The molecule has 2 nitrogen and oxygen atoms in total. The number of ether oxygens (including phenoxy) is 1. The third kappa shape index (κ3) is 1.73. The molecule has 0 amide bonds. The van der Waals surface area contributed by atoms with Gasteiger partial charge in [-0.1, -0.05) is 12.8 Å². The molecule has 1 saturated heterocycles. The van der Waals surface area contributed by atoms with Gasteiger partial charge in [-0.05, 0) is 37.5 Å². The Bertz CT molecular complexity index is 243. The Labute approximate surface area is 91.4 Å². The van der Waals surface area contributed by atoms with Gasteiger partial charge in [-0.15, -0.1) is 0 Å². The first-order valence-corrected chi connectivity index (χ1v) is 6.49. The number of carbonyl (C=O) groups excluding carboxylic acids is 1. The molecule has 2 unspecified atom stereocenters. The van der Waals surface area contributed by atoms with Crippen LogP contribution in [-0.4, -0.2) is 19.0 Å². The van der Waals surface area contributed by atoms with Crippen LogP contribution < -0.4 is 0 Å². The number of carbonyl (C=O) groups is 1. The van der Waals surface area contributed by atoms with Crippen LogP contribution in [0.3, 0.4) is 0 Å². The normalized spacial score (nSPS) is 40.9. The molecule has 0 N–H and O–H groups in total. The van der Waals surface area contributed by atoms with Gasteiger partial charge in [0.2, 0.25) is 0 Å². The summed E-state index contributed by atoms with van der Waals surface area (Å²) in [6, 6.07) is 0. The number of fused-ring (bicyclic) bond motifs is 1. The van der Waals surface area contributed by atoms with Crippen molar-refractivity contribution in [1.82, 2.24) is 0 Å². The minimum absolute atomic E-state index is 0.342. The average molecular weight is 208 g/mol. The van der Waals surface area contributed by atoms with Gasteiger partial charge in [-0.25, -0.2) is 0 Å². The fraction of sp³-hybridized carbons (Fsp3) is 0.923. The first-order valence-electron chi connectivity index (χ1n) is 6.49. The number of ketones is 1. The molecule has 1 heterocycles. The third-order valence-corrected chi connectivity index (χ3v) is 4.61. The second-order valence-corrected chi connectivity index (χ2v) is 5.43. The summed E-state index contributed by atoms with van der Waals surface area (Å²) in [5.74, 6) is 2.98. The lowest BCUT2D eigenvalue weighted by Gasteiger charge is -2.20. The van der Waals surface area contributed by atoms with Crippen molar-refractivity contribution in [3.63, 3.8) is 0 Å². The molecule has 0 aromatic heterocycles. The molecule has 3 rings (SSSR count). The fourth-order valence-electron chi connectivity index (χ4n) is 3.67. The number of Topliss-reactive ketones (excluding diaryl/α,β-unsaturated/α-hetero) is 1. The van der Waals surface area contributed by atoms with Gasteiger partial charge in [0, 0.05) is 25.0 Å². The third-order valence-electron chi connectivity index (χ3n) is 4.61. The Balaban J connectivity index is 1.60. The van der Waals surface area contributed by atoms with Gasteiger partial charge in [-0.3, -0.25) is 4.79 Å². The van der Waals surface area contributed by atoms with E-state index < -0.39 is 0 Å². The van der Waals surface area contributed by atoms with Gasteiger partial charge in [0.15, 0.2) is 0 Å².